The van der Waals surface area contributed by atoms with Crippen LogP contribution in [0.1, 0.15) is 26.1 Å². The van der Waals surface area contributed by atoms with Crippen molar-refractivity contribution in [1.29, 1.82) is 0 Å². The maximum Gasteiger partial charge on any atom is 0.262 e. The van der Waals surface area contributed by atoms with E-state index in [-0.39, 0.29) is 17.0 Å². The molecule has 1 aromatic carbocycles. The van der Waals surface area contributed by atoms with Crippen LogP contribution in [0.5, 0.6) is 5.88 Å². The average Bonchev–Trinajstić information content (AvgIpc) is 2.38. The highest BCUT2D eigenvalue weighted by Crippen LogP contribution is 2.30. The molecule has 2 rings (SSSR count). The monoisotopic (exact) mass is 336 g/mol. The number of aromatic nitrogens is 2. The van der Waals surface area contributed by atoms with Crippen molar-refractivity contribution in [3.05, 3.63) is 44.9 Å². The van der Waals surface area contributed by atoms with Gasteiger partial charge in [-0.2, -0.15) is 4.98 Å². The summed E-state index contributed by atoms with van der Waals surface area (Å²) in [7, 11) is 0. The quantitative estimate of drug-likeness (QED) is 0.897. The third kappa shape index (κ3) is 3.28. The second kappa shape index (κ2) is 6.22. The molecule has 0 saturated carbocycles. The number of nitrogens with one attached hydrogen (secondary N) is 1. The Bertz CT molecular complexity index is 665. The summed E-state index contributed by atoms with van der Waals surface area (Å²) < 4.78 is 0.748. The molecule has 0 unspecified atom stereocenters. The van der Waals surface area contributed by atoms with Gasteiger partial charge in [-0.1, -0.05) is 48.0 Å². The van der Waals surface area contributed by atoms with Gasteiger partial charge in [-0.3, -0.25) is 4.79 Å². The summed E-state index contributed by atoms with van der Waals surface area (Å²) in [6.45, 7) is 4.21. The van der Waals surface area contributed by atoms with Gasteiger partial charge < -0.3 is 10.1 Å². The number of nitrogens with zero attached hydrogens (tertiary/aromatic N) is 1. The second-order valence-corrected chi connectivity index (χ2v) is 5.98. The Morgan fingerprint density at radius 3 is 2.65 bits per heavy atom. The lowest BCUT2D eigenvalue weighted by Crippen LogP contribution is -2.14. The molecule has 0 radical (unpaired) electrons. The normalized spacial score (nSPS) is 11.0. The lowest BCUT2D eigenvalue weighted by Gasteiger charge is -2.08. The number of rotatable bonds is 4. The van der Waals surface area contributed by atoms with E-state index in [1.54, 1.807) is 6.07 Å². The molecule has 0 spiro atoms. The van der Waals surface area contributed by atoms with Crippen molar-refractivity contribution in [2.75, 3.05) is 0 Å². The zero-order valence-electron chi connectivity index (χ0n) is 11.5. The fourth-order valence-electron chi connectivity index (χ4n) is 1.96. The molecule has 0 aliphatic heterocycles. The van der Waals surface area contributed by atoms with E-state index in [9.17, 15) is 9.90 Å². The van der Waals surface area contributed by atoms with Gasteiger partial charge in [0.2, 0.25) is 5.88 Å². The zero-order chi connectivity index (χ0) is 14.7. The Labute approximate surface area is 126 Å². The first-order chi connectivity index (χ1) is 9.49. The van der Waals surface area contributed by atoms with Crippen LogP contribution >= 0.6 is 15.9 Å². The molecule has 0 aliphatic rings. The van der Waals surface area contributed by atoms with E-state index < -0.39 is 0 Å². The van der Waals surface area contributed by atoms with Crippen molar-refractivity contribution < 1.29 is 5.11 Å². The highest BCUT2D eigenvalue weighted by atomic mass is 79.9. The van der Waals surface area contributed by atoms with E-state index in [0.29, 0.717) is 23.7 Å². The predicted octanol–water partition coefficient (Wildman–Crippen LogP) is 3.49. The van der Waals surface area contributed by atoms with Crippen LogP contribution < -0.4 is 5.56 Å². The Balaban J connectivity index is 2.42. The molecule has 20 heavy (non-hydrogen) atoms. The smallest absolute Gasteiger partial charge is 0.262 e. The number of aromatic amines is 1. The number of aryl methyl sites for hydroxylation is 1. The maximum absolute atomic E-state index is 12.2. The molecule has 0 amide bonds. The lowest BCUT2D eigenvalue weighted by atomic mass is 10.1. The van der Waals surface area contributed by atoms with E-state index in [2.05, 4.69) is 39.7 Å². The number of hydrogen-bond acceptors (Lipinski definition) is 3. The number of halogens is 1. The Morgan fingerprint density at radius 2 is 2.05 bits per heavy atom. The van der Waals surface area contributed by atoms with Gasteiger partial charge in [0.1, 0.15) is 11.4 Å². The van der Waals surface area contributed by atoms with Crippen molar-refractivity contribution >= 4 is 15.9 Å². The molecule has 0 atom stereocenters. The van der Waals surface area contributed by atoms with Crippen LogP contribution in [0.4, 0.5) is 0 Å². The Morgan fingerprint density at radius 1 is 1.35 bits per heavy atom. The van der Waals surface area contributed by atoms with Crippen LogP contribution in [-0.4, -0.2) is 15.1 Å². The molecule has 2 N–H and O–H groups in total. The summed E-state index contributed by atoms with van der Waals surface area (Å²) in [6, 6.07) is 7.25. The minimum absolute atomic E-state index is 0.200. The van der Waals surface area contributed by atoms with Gasteiger partial charge in [0.15, 0.2) is 0 Å². The van der Waals surface area contributed by atoms with E-state index in [0.717, 1.165) is 10.9 Å². The zero-order valence-corrected chi connectivity index (χ0v) is 13.1. The fraction of sp³-hybridized carbons (Fsp3) is 0.333. The van der Waals surface area contributed by atoms with Gasteiger partial charge in [0.25, 0.3) is 5.56 Å². The summed E-state index contributed by atoms with van der Waals surface area (Å²) >= 11 is 3.38. The van der Waals surface area contributed by atoms with E-state index in [1.807, 2.05) is 18.2 Å². The third-order valence-corrected chi connectivity index (χ3v) is 3.74. The SMILES string of the molecule is CC(C)CCc1nc(O)c(-c2ccccc2Br)c(=O)[nH]1. The van der Waals surface area contributed by atoms with E-state index >= 15 is 0 Å². The third-order valence-electron chi connectivity index (χ3n) is 3.05. The molecule has 0 fully saturated rings. The topological polar surface area (TPSA) is 66.0 Å². The van der Waals surface area contributed by atoms with E-state index in [4.69, 9.17) is 0 Å². The van der Waals surface area contributed by atoms with Crippen molar-refractivity contribution in [3.8, 4) is 17.0 Å². The van der Waals surface area contributed by atoms with Gasteiger partial charge >= 0.3 is 0 Å². The molecular formula is C15H17BrN2O2. The van der Waals surface area contributed by atoms with Crippen molar-refractivity contribution in [2.24, 2.45) is 5.92 Å². The van der Waals surface area contributed by atoms with Gasteiger partial charge in [0.05, 0.1) is 0 Å². The van der Waals surface area contributed by atoms with Gasteiger partial charge in [-0.05, 0) is 18.4 Å². The van der Waals surface area contributed by atoms with Gasteiger partial charge in [-0.15, -0.1) is 0 Å². The first-order valence-corrected chi connectivity index (χ1v) is 7.35. The van der Waals surface area contributed by atoms with Crippen molar-refractivity contribution in [3.63, 3.8) is 0 Å². The van der Waals surface area contributed by atoms with Crippen LogP contribution in [0.25, 0.3) is 11.1 Å². The minimum Gasteiger partial charge on any atom is -0.493 e. The molecule has 0 bridgehead atoms. The van der Waals surface area contributed by atoms with Crippen LogP contribution in [0.15, 0.2) is 33.5 Å². The van der Waals surface area contributed by atoms with Crippen LogP contribution in [-0.2, 0) is 6.42 Å². The molecule has 5 heteroatoms. The molecule has 1 aromatic heterocycles. The number of H-pyrrole nitrogens is 1. The molecular weight excluding hydrogens is 320 g/mol. The molecule has 0 saturated heterocycles. The summed E-state index contributed by atoms with van der Waals surface area (Å²) in [5, 5.41) is 10.1. The fourth-order valence-corrected chi connectivity index (χ4v) is 2.44. The second-order valence-electron chi connectivity index (χ2n) is 5.12. The van der Waals surface area contributed by atoms with Gasteiger partial charge in [0, 0.05) is 16.5 Å². The molecule has 106 valence electrons. The highest BCUT2D eigenvalue weighted by molar-refractivity contribution is 9.10. The average molecular weight is 337 g/mol. The van der Waals surface area contributed by atoms with Crippen LogP contribution in [0, 0.1) is 5.92 Å². The Kier molecular flexibility index (Phi) is 4.60. The van der Waals surface area contributed by atoms with E-state index in [1.165, 1.54) is 0 Å². The summed E-state index contributed by atoms with van der Waals surface area (Å²) in [5.41, 5.74) is 0.517. The molecule has 1 heterocycles. The van der Waals surface area contributed by atoms with Crippen LogP contribution in [0.3, 0.4) is 0 Å². The number of hydrogen-bond donors (Lipinski definition) is 2. The largest absolute Gasteiger partial charge is 0.493 e. The number of aromatic hydroxyl groups is 1. The molecule has 4 nitrogen and oxygen atoms in total. The summed E-state index contributed by atoms with van der Waals surface area (Å²) in [6.07, 6.45) is 1.56. The molecule has 2 aromatic rings. The predicted molar refractivity (Wildman–Crippen MR) is 82.8 cm³/mol. The highest BCUT2D eigenvalue weighted by Gasteiger charge is 2.15. The van der Waals surface area contributed by atoms with Crippen molar-refractivity contribution in [2.45, 2.75) is 26.7 Å². The Hall–Kier alpha value is -1.62. The first kappa shape index (κ1) is 14.8. The lowest BCUT2D eigenvalue weighted by molar-refractivity contribution is 0.447. The summed E-state index contributed by atoms with van der Waals surface area (Å²) in [4.78, 5) is 19.0. The minimum atomic E-state index is -0.317. The van der Waals surface area contributed by atoms with Crippen LogP contribution in [0.2, 0.25) is 0 Å². The maximum atomic E-state index is 12.2. The summed E-state index contributed by atoms with van der Waals surface area (Å²) in [5.74, 6) is 0.821. The standard InChI is InChI=1S/C15H17BrN2O2/c1-9(2)7-8-12-17-14(19)13(15(20)18-12)10-5-3-4-6-11(10)16/h3-6,9H,7-8H2,1-2H3,(H2,17,18,19,20). The van der Waals surface area contributed by atoms with Crippen molar-refractivity contribution in [1.82, 2.24) is 9.97 Å². The molecule has 0 aliphatic carbocycles. The van der Waals surface area contributed by atoms with Gasteiger partial charge in [-0.25, -0.2) is 0 Å². The first-order valence-electron chi connectivity index (χ1n) is 6.56. The number of benzene rings is 1.